The van der Waals surface area contributed by atoms with Gasteiger partial charge in [0.1, 0.15) is 11.9 Å². The zero-order valence-electron chi connectivity index (χ0n) is 15.7. The molecule has 2 heterocycles. The van der Waals surface area contributed by atoms with Gasteiger partial charge in [0, 0.05) is 24.6 Å². The van der Waals surface area contributed by atoms with E-state index in [9.17, 15) is 9.59 Å². The summed E-state index contributed by atoms with van der Waals surface area (Å²) in [5.74, 6) is 1.42. The van der Waals surface area contributed by atoms with Gasteiger partial charge in [0.2, 0.25) is 11.9 Å². The first-order chi connectivity index (χ1) is 12.9. The van der Waals surface area contributed by atoms with Crippen LogP contribution in [0.1, 0.15) is 56.4 Å². The Labute approximate surface area is 157 Å². The van der Waals surface area contributed by atoms with Crippen molar-refractivity contribution in [2.45, 2.75) is 64.5 Å². The lowest BCUT2D eigenvalue weighted by molar-refractivity contribution is -0.115. The van der Waals surface area contributed by atoms with Crippen molar-refractivity contribution in [3.63, 3.8) is 0 Å². The number of aromatic nitrogens is 3. The maximum absolute atomic E-state index is 12.1. The zero-order chi connectivity index (χ0) is 19.4. The molecule has 0 unspecified atom stereocenters. The van der Waals surface area contributed by atoms with E-state index in [1.807, 2.05) is 13.8 Å². The number of nitrogens with zero attached hydrogens (tertiary/aromatic N) is 2. The molecule has 1 saturated carbocycles. The third-order valence-corrected chi connectivity index (χ3v) is 4.36. The smallest absolute Gasteiger partial charge is 0.407 e. The second-order valence-corrected chi connectivity index (χ2v) is 7.09. The summed E-state index contributed by atoms with van der Waals surface area (Å²) in [6.45, 7) is 5.51. The Morgan fingerprint density at radius 3 is 2.85 bits per heavy atom. The van der Waals surface area contributed by atoms with Gasteiger partial charge in [-0.15, -0.1) is 0 Å². The minimum absolute atomic E-state index is 0.0503. The van der Waals surface area contributed by atoms with Gasteiger partial charge < -0.3 is 19.5 Å². The highest BCUT2D eigenvalue weighted by molar-refractivity contribution is 5.90. The van der Waals surface area contributed by atoms with Crippen LogP contribution < -0.4 is 10.6 Å². The SMILES string of the molecule is Cc1ncc(CC(=O)Nc2ncc([C@H]3CC[C@@H](OC(=O)NC(C)C)C3)[nH]2)o1. The summed E-state index contributed by atoms with van der Waals surface area (Å²) in [5.41, 5.74) is 0.927. The molecule has 2 aromatic heterocycles. The lowest BCUT2D eigenvalue weighted by atomic mass is 10.1. The molecule has 27 heavy (non-hydrogen) atoms. The van der Waals surface area contributed by atoms with Crippen LogP contribution in [0, 0.1) is 6.92 Å². The number of nitrogens with one attached hydrogen (secondary N) is 3. The van der Waals surface area contributed by atoms with Gasteiger partial charge in [-0.05, 0) is 33.1 Å². The van der Waals surface area contributed by atoms with E-state index in [2.05, 4.69) is 25.6 Å². The van der Waals surface area contributed by atoms with Crippen molar-refractivity contribution in [1.82, 2.24) is 20.3 Å². The summed E-state index contributed by atoms with van der Waals surface area (Å²) in [7, 11) is 0. The first-order valence-corrected chi connectivity index (χ1v) is 9.12. The fourth-order valence-corrected chi connectivity index (χ4v) is 3.18. The van der Waals surface area contributed by atoms with Crippen LogP contribution in [0.2, 0.25) is 0 Å². The Kier molecular flexibility index (Phi) is 5.78. The highest BCUT2D eigenvalue weighted by atomic mass is 16.6. The van der Waals surface area contributed by atoms with Crippen molar-refractivity contribution in [1.29, 1.82) is 0 Å². The van der Waals surface area contributed by atoms with Crippen molar-refractivity contribution in [3.05, 3.63) is 29.7 Å². The largest absolute Gasteiger partial charge is 0.446 e. The number of ether oxygens (including phenoxy) is 1. The number of carbonyl (C=O) groups excluding carboxylic acids is 2. The molecular formula is C18H25N5O4. The maximum Gasteiger partial charge on any atom is 0.407 e. The van der Waals surface area contributed by atoms with E-state index in [1.54, 1.807) is 13.1 Å². The highest BCUT2D eigenvalue weighted by Crippen LogP contribution is 2.35. The standard InChI is InChI=1S/C18H25N5O4/c1-10(2)21-18(25)27-13-5-4-12(6-13)15-9-20-17(22-15)23-16(24)7-14-8-19-11(3)26-14/h8-10,12-13H,4-7H2,1-3H3,(H,21,25)(H2,20,22,23,24)/t12-,13+/m0/s1. The molecule has 0 aromatic carbocycles. The molecule has 9 heteroatoms. The number of hydrogen-bond donors (Lipinski definition) is 3. The number of rotatable bonds is 6. The fourth-order valence-electron chi connectivity index (χ4n) is 3.18. The normalized spacial score (nSPS) is 19.3. The molecule has 0 spiro atoms. The van der Waals surface area contributed by atoms with Crippen LogP contribution in [-0.4, -0.2) is 39.1 Å². The predicted octanol–water partition coefficient (Wildman–Crippen LogP) is 2.66. The van der Waals surface area contributed by atoms with E-state index >= 15 is 0 Å². The first-order valence-electron chi connectivity index (χ1n) is 9.12. The molecule has 0 radical (unpaired) electrons. The van der Waals surface area contributed by atoms with Gasteiger partial charge >= 0.3 is 6.09 Å². The van der Waals surface area contributed by atoms with Crippen LogP contribution in [0.3, 0.4) is 0 Å². The molecule has 1 fully saturated rings. The zero-order valence-corrected chi connectivity index (χ0v) is 15.7. The number of imidazole rings is 1. The van der Waals surface area contributed by atoms with E-state index < -0.39 is 0 Å². The number of aromatic amines is 1. The average molecular weight is 375 g/mol. The average Bonchev–Trinajstić information content (AvgIpc) is 3.28. The molecular weight excluding hydrogens is 350 g/mol. The molecule has 3 rings (SSSR count). The van der Waals surface area contributed by atoms with Gasteiger partial charge in [0.05, 0.1) is 18.8 Å². The van der Waals surface area contributed by atoms with E-state index in [0.717, 1.165) is 25.0 Å². The van der Waals surface area contributed by atoms with Crippen LogP contribution >= 0.6 is 0 Å². The fraction of sp³-hybridized carbons (Fsp3) is 0.556. The van der Waals surface area contributed by atoms with Crippen molar-refractivity contribution in [3.8, 4) is 0 Å². The number of anilines is 1. The van der Waals surface area contributed by atoms with E-state index in [4.69, 9.17) is 9.15 Å². The molecule has 2 amide bonds. The Morgan fingerprint density at radius 2 is 2.15 bits per heavy atom. The Bertz CT molecular complexity index is 797. The van der Waals surface area contributed by atoms with Crippen molar-refractivity contribution in [2.24, 2.45) is 0 Å². The monoisotopic (exact) mass is 375 g/mol. The van der Waals surface area contributed by atoms with Crippen molar-refractivity contribution >= 4 is 17.9 Å². The van der Waals surface area contributed by atoms with Gasteiger partial charge in [-0.2, -0.15) is 0 Å². The summed E-state index contributed by atoms with van der Waals surface area (Å²) in [4.78, 5) is 35.1. The minimum atomic E-state index is -0.379. The maximum atomic E-state index is 12.1. The van der Waals surface area contributed by atoms with Gasteiger partial charge in [-0.3, -0.25) is 10.1 Å². The van der Waals surface area contributed by atoms with Crippen LogP contribution in [-0.2, 0) is 16.0 Å². The van der Waals surface area contributed by atoms with Crippen LogP contribution in [0.5, 0.6) is 0 Å². The second-order valence-electron chi connectivity index (χ2n) is 7.09. The lowest BCUT2D eigenvalue weighted by Crippen LogP contribution is -2.33. The number of H-pyrrole nitrogens is 1. The molecule has 0 bridgehead atoms. The van der Waals surface area contributed by atoms with Crippen molar-refractivity contribution < 1.29 is 18.7 Å². The number of hydrogen-bond acceptors (Lipinski definition) is 6. The van der Waals surface area contributed by atoms with Gasteiger partial charge in [0.15, 0.2) is 5.89 Å². The summed E-state index contributed by atoms with van der Waals surface area (Å²) in [6, 6.07) is 0.0503. The molecule has 9 nitrogen and oxygen atoms in total. The Balaban J connectivity index is 1.49. The third kappa shape index (κ3) is 5.32. The lowest BCUT2D eigenvalue weighted by Gasteiger charge is -2.14. The third-order valence-electron chi connectivity index (χ3n) is 4.36. The summed E-state index contributed by atoms with van der Waals surface area (Å²) >= 11 is 0. The molecule has 3 N–H and O–H groups in total. The van der Waals surface area contributed by atoms with Crippen LogP contribution in [0.15, 0.2) is 16.8 Å². The molecule has 2 aromatic rings. The summed E-state index contributed by atoms with van der Waals surface area (Å²) in [5, 5.41) is 5.45. The summed E-state index contributed by atoms with van der Waals surface area (Å²) < 4.78 is 10.7. The number of aryl methyl sites for hydroxylation is 1. The number of oxazole rings is 1. The molecule has 0 aliphatic heterocycles. The number of alkyl carbamates (subject to hydrolysis) is 1. The Hall–Kier alpha value is -2.84. The molecule has 1 aliphatic carbocycles. The molecule has 2 atom stereocenters. The molecule has 146 valence electrons. The first kappa shape index (κ1) is 18.9. The predicted molar refractivity (Wildman–Crippen MR) is 97.3 cm³/mol. The quantitative estimate of drug-likeness (QED) is 0.713. The van der Waals surface area contributed by atoms with E-state index in [-0.39, 0.29) is 36.5 Å². The van der Waals surface area contributed by atoms with Gasteiger partial charge in [-0.1, -0.05) is 0 Å². The Morgan fingerprint density at radius 1 is 1.33 bits per heavy atom. The van der Waals surface area contributed by atoms with Crippen LogP contribution in [0.4, 0.5) is 10.7 Å². The second kappa shape index (κ2) is 8.24. The van der Waals surface area contributed by atoms with E-state index in [1.165, 1.54) is 6.20 Å². The minimum Gasteiger partial charge on any atom is -0.446 e. The number of carbonyl (C=O) groups is 2. The highest BCUT2D eigenvalue weighted by Gasteiger charge is 2.30. The number of amides is 2. The van der Waals surface area contributed by atoms with Gasteiger partial charge in [0.25, 0.3) is 0 Å². The molecule has 0 saturated heterocycles. The topological polar surface area (TPSA) is 122 Å². The summed E-state index contributed by atoms with van der Waals surface area (Å²) in [6.07, 6.45) is 5.31. The van der Waals surface area contributed by atoms with Gasteiger partial charge in [-0.25, -0.2) is 14.8 Å². The van der Waals surface area contributed by atoms with Crippen molar-refractivity contribution in [2.75, 3.05) is 5.32 Å². The van der Waals surface area contributed by atoms with E-state index in [0.29, 0.717) is 17.6 Å². The molecule has 1 aliphatic rings. The van der Waals surface area contributed by atoms with Crippen LogP contribution in [0.25, 0.3) is 0 Å².